The van der Waals surface area contributed by atoms with Gasteiger partial charge in [-0.05, 0) is 0 Å². The molecule has 3 nitrogen and oxygen atoms in total. The molecule has 8 heavy (non-hydrogen) atoms. The first-order chi connectivity index (χ1) is 3.46. The fraction of sp³-hybridized carbons (Fsp3) is 1.00. The molecule has 52 valence electrons. The third-order valence-electron chi connectivity index (χ3n) is 0. The Bertz CT molecular complexity index is 58.8. The quantitative estimate of drug-likeness (QED) is 0.459. The molecule has 0 radical (unpaired) electrons. The van der Waals surface area contributed by atoms with Crippen LogP contribution >= 0.6 is 43.1 Å². The lowest BCUT2D eigenvalue weighted by Crippen LogP contribution is -1.55. The maximum absolute atomic E-state index is 8.74. The minimum atomic E-state index is -3.13. The Balaban J connectivity index is 0. The summed E-state index contributed by atoms with van der Waals surface area (Å²) in [6, 6.07) is 0. The summed E-state index contributed by atoms with van der Waals surface area (Å²) in [7, 11) is -3.13. The minimum Gasteiger partial charge on any atom is -0.326 e. The van der Waals surface area contributed by atoms with Crippen molar-refractivity contribution in [2.24, 2.45) is 0 Å². The number of halogens is 3. The second kappa shape index (κ2) is 8.02. The van der Waals surface area contributed by atoms with Crippen LogP contribution in [0.3, 0.4) is 0 Å². The molecular weight excluding hydrogens is 197 g/mol. The van der Waals surface area contributed by atoms with Crippen LogP contribution in [0.25, 0.3) is 0 Å². The molecule has 0 saturated heterocycles. The number of hydrogen-bond acceptors (Lipinski definition) is 1. The van der Waals surface area contributed by atoms with Crippen LogP contribution in [0, 0.1) is 0 Å². The van der Waals surface area contributed by atoms with Crippen molar-refractivity contribution in [2.75, 3.05) is 0 Å². The van der Waals surface area contributed by atoms with Crippen LogP contribution < -0.4 is 0 Å². The molecule has 0 aliphatic carbocycles. The Morgan fingerprint density at radius 3 is 1.25 bits per heavy atom. The van der Waals surface area contributed by atoms with Gasteiger partial charge in [0.15, 0.2) is 4.30 Å². The zero-order chi connectivity index (χ0) is 7.15. The van der Waals surface area contributed by atoms with E-state index in [1.165, 1.54) is 0 Å². The summed E-state index contributed by atoms with van der Waals surface area (Å²) in [4.78, 5) is 14.3. The van der Waals surface area contributed by atoms with Gasteiger partial charge in [0.05, 0.1) is 0 Å². The predicted octanol–water partition coefficient (Wildman–Crippen LogP) is 1.35. The molecule has 0 atom stereocenters. The normalized spacial score (nSPS) is 8.88. The molecule has 0 fully saturated rings. The zero-order valence-corrected chi connectivity index (χ0v) is 6.78. The fourth-order valence-electron chi connectivity index (χ4n) is 0. The second-order valence-corrected chi connectivity index (χ2v) is 3.07. The van der Waals surface area contributed by atoms with Crippen LogP contribution in [-0.4, -0.2) is 14.1 Å². The molecule has 0 unspecified atom stereocenters. The van der Waals surface area contributed by atoms with E-state index in [-0.39, 0.29) is 0 Å². The molecule has 7 heteroatoms. The molecular formula is CH4Cl3O3P. The first-order valence-electron chi connectivity index (χ1n) is 1.31. The fourth-order valence-corrected chi connectivity index (χ4v) is 0. The summed E-state index contributed by atoms with van der Waals surface area (Å²) in [5.74, 6) is 0. The van der Waals surface area contributed by atoms with Crippen LogP contribution in [-0.2, 0) is 4.57 Å². The number of hydrogen-bond donors (Lipinski definition) is 2. The summed E-state index contributed by atoms with van der Waals surface area (Å²) in [5, 5.41) is 0. The van der Waals surface area contributed by atoms with Gasteiger partial charge >= 0.3 is 8.25 Å². The first kappa shape index (κ1) is 11.8. The molecule has 0 saturated carbocycles. The third kappa shape index (κ3) is 245. The molecule has 0 aromatic heterocycles. The molecule has 0 aliphatic heterocycles. The van der Waals surface area contributed by atoms with E-state index in [1.807, 2.05) is 0 Å². The number of rotatable bonds is 0. The first-order valence-corrected chi connectivity index (χ1v) is 3.92. The lowest BCUT2D eigenvalue weighted by Gasteiger charge is -1.69. The topological polar surface area (TPSA) is 57.5 Å². The van der Waals surface area contributed by atoms with Gasteiger partial charge in [-0.15, -0.1) is 0 Å². The Morgan fingerprint density at radius 2 is 1.25 bits per heavy atom. The predicted molar refractivity (Wildman–Crippen MR) is 34.8 cm³/mol. The van der Waals surface area contributed by atoms with Gasteiger partial charge in [-0.1, -0.05) is 34.8 Å². The molecule has 0 heterocycles. The van der Waals surface area contributed by atoms with Crippen molar-refractivity contribution in [1.29, 1.82) is 0 Å². The lowest BCUT2D eigenvalue weighted by molar-refractivity contribution is 0.405. The van der Waals surface area contributed by atoms with E-state index >= 15 is 0 Å². The van der Waals surface area contributed by atoms with E-state index in [9.17, 15) is 0 Å². The maximum Gasteiger partial charge on any atom is 0.314 e. The summed E-state index contributed by atoms with van der Waals surface area (Å²) in [5.41, 5.74) is 0. The molecule has 0 spiro atoms. The van der Waals surface area contributed by atoms with Crippen LogP contribution in [0.5, 0.6) is 0 Å². The molecule has 0 aromatic carbocycles. The van der Waals surface area contributed by atoms with Crippen molar-refractivity contribution < 1.29 is 14.4 Å². The van der Waals surface area contributed by atoms with Gasteiger partial charge in [-0.25, -0.2) is 0 Å². The van der Waals surface area contributed by atoms with Crippen molar-refractivity contribution in [2.45, 2.75) is 4.30 Å². The van der Waals surface area contributed by atoms with Gasteiger partial charge in [-0.2, -0.15) is 0 Å². The number of alkyl halides is 3. The lowest BCUT2D eigenvalue weighted by atomic mass is 11.9. The van der Waals surface area contributed by atoms with E-state index in [2.05, 4.69) is 0 Å². The average Bonchev–Trinajstić information content (AvgIpc) is 1.25. The molecule has 0 amide bonds. The van der Waals surface area contributed by atoms with Crippen molar-refractivity contribution in [3.8, 4) is 0 Å². The highest BCUT2D eigenvalue weighted by Crippen LogP contribution is 2.03. The second-order valence-electron chi connectivity index (χ2n) is 0.530. The average molecular weight is 201 g/mol. The monoisotopic (exact) mass is 200 g/mol. The Kier molecular flexibility index (Phi) is 11.8. The molecule has 0 rings (SSSR count). The van der Waals surface area contributed by atoms with Crippen LogP contribution in [0.4, 0.5) is 0 Å². The van der Waals surface area contributed by atoms with E-state index < -0.39 is 12.6 Å². The summed E-state index contributed by atoms with van der Waals surface area (Å²) in [6.45, 7) is 0. The van der Waals surface area contributed by atoms with E-state index in [0.29, 0.717) is 0 Å². The van der Waals surface area contributed by atoms with Crippen molar-refractivity contribution in [3.05, 3.63) is 0 Å². The van der Waals surface area contributed by atoms with Crippen molar-refractivity contribution >= 4 is 43.1 Å². The third-order valence-corrected chi connectivity index (χ3v) is 0. The Labute approximate surface area is 62.1 Å². The molecule has 0 aliphatic rings. The van der Waals surface area contributed by atoms with Gasteiger partial charge in [0.25, 0.3) is 0 Å². The van der Waals surface area contributed by atoms with Gasteiger partial charge < -0.3 is 9.79 Å². The van der Waals surface area contributed by atoms with E-state index in [4.69, 9.17) is 49.2 Å². The maximum atomic E-state index is 8.74. The summed E-state index contributed by atoms with van der Waals surface area (Å²) in [6.07, 6.45) is 0. The Morgan fingerprint density at radius 1 is 1.25 bits per heavy atom. The highest BCUT2D eigenvalue weighted by atomic mass is 35.6. The zero-order valence-electron chi connectivity index (χ0n) is 3.51. The molecule has 0 bridgehead atoms. The van der Waals surface area contributed by atoms with Crippen LogP contribution in [0.1, 0.15) is 0 Å². The highest BCUT2D eigenvalue weighted by molar-refractivity contribution is 7.30. The Hall–Kier alpha value is 1.02. The van der Waals surface area contributed by atoms with Crippen LogP contribution in [0.15, 0.2) is 0 Å². The van der Waals surface area contributed by atoms with Gasteiger partial charge in [0.1, 0.15) is 0 Å². The largest absolute Gasteiger partial charge is 0.326 e. The summed E-state index contributed by atoms with van der Waals surface area (Å²) >= 11 is 14.4. The molecule has 0 aromatic rings. The van der Waals surface area contributed by atoms with Crippen molar-refractivity contribution in [3.63, 3.8) is 0 Å². The molecule has 2 N–H and O–H groups in total. The van der Waals surface area contributed by atoms with E-state index in [1.54, 1.807) is 0 Å². The van der Waals surface area contributed by atoms with Gasteiger partial charge in [0, 0.05) is 0 Å². The van der Waals surface area contributed by atoms with Gasteiger partial charge in [-0.3, -0.25) is 4.57 Å². The summed E-state index contributed by atoms with van der Waals surface area (Å²) < 4.78 is 7.99. The van der Waals surface area contributed by atoms with Crippen LogP contribution in [0.2, 0.25) is 0 Å². The smallest absolute Gasteiger partial charge is 0.314 e. The van der Waals surface area contributed by atoms with Crippen molar-refractivity contribution in [1.82, 2.24) is 0 Å². The van der Waals surface area contributed by atoms with Gasteiger partial charge in [0.2, 0.25) is 0 Å². The standard InChI is InChI=1S/CHCl3.H3O3P/c2-1(3)4;1-4(2)3/h1H;4H,(H2,1,2,3). The highest BCUT2D eigenvalue weighted by Gasteiger charge is 1.78. The van der Waals surface area contributed by atoms with E-state index in [0.717, 1.165) is 0 Å². The SMILES string of the molecule is ClC(Cl)Cl.O=[PH](O)O. The minimum absolute atomic E-state index is 0.750.